The molecular formula is C20H23NO6S. The first-order valence-corrected chi connectivity index (χ1v) is 10.8. The second kappa shape index (κ2) is 8.18. The minimum Gasteiger partial charge on any atom is -0.497 e. The summed E-state index contributed by atoms with van der Waals surface area (Å²) < 4.78 is 33.2. The van der Waals surface area contributed by atoms with Crippen LogP contribution in [-0.4, -0.2) is 51.6 Å². The summed E-state index contributed by atoms with van der Waals surface area (Å²) in [7, 11) is -1.47. The van der Waals surface area contributed by atoms with E-state index in [1.54, 1.807) is 14.0 Å². The van der Waals surface area contributed by atoms with Gasteiger partial charge in [-0.3, -0.25) is 9.59 Å². The first-order valence-electron chi connectivity index (χ1n) is 9.01. The topological polar surface area (TPSA) is 98.8 Å². The van der Waals surface area contributed by atoms with Gasteiger partial charge >= 0.3 is 5.97 Å². The highest BCUT2D eigenvalue weighted by Crippen LogP contribution is 2.25. The smallest absolute Gasteiger partial charge is 0.313 e. The molecule has 2 aromatic carbocycles. The van der Waals surface area contributed by atoms with Gasteiger partial charge in [0.2, 0.25) is 0 Å². The van der Waals surface area contributed by atoms with Gasteiger partial charge in [-0.1, -0.05) is 24.3 Å². The number of amides is 1. The molecule has 0 radical (unpaired) electrons. The summed E-state index contributed by atoms with van der Waals surface area (Å²) in [5.41, 5.74) is 0.782. The second-order valence-corrected chi connectivity index (χ2v) is 9.20. The van der Waals surface area contributed by atoms with E-state index < -0.39 is 40.3 Å². The number of benzene rings is 2. The molecule has 2 aromatic rings. The molecule has 1 aliphatic rings. The van der Waals surface area contributed by atoms with Gasteiger partial charge in [-0.15, -0.1) is 0 Å². The summed E-state index contributed by atoms with van der Waals surface area (Å²) in [6, 6.07) is 10.9. The van der Waals surface area contributed by atoms with Crippen LogP contribution in [0.1, 0.15) is 24.8 Å². The Hall–Kier alpha value is -2.61. The van der Waals surface area contributed by atoms with Crippen molar-refractivity contribution in [1.82, 2.24) is 5.32 Å². The van der Waals surface area contributed by atoms with Crippen molar-refractivity contribution in [3.63, 3.8) is 0 Å². The molecule has 1 N–H and O–H groups in total. The quantitative estimate of drug-likeness (QED) is 0.736. The lowest BCUT2D eigenvalue weighted by Gasteiger charge is -2.14. The molecule has 1 saturated heterocycles. The second-order valence-electron chi connectivity index (χ2n) is 6.97. The summed E-state index contributed by atoms with van der Waals surface area (Å²) in [5, 5.41) is 4.56. The van der Waals surface area contributed by atoms with Crippen molar-refractivity contribution in [1.29, 1.82) is 0 Å². The Labute approximate surface area is 163 Å². The molecular weight excluding hydrogens is 382 g/mol. The van der Waals surface area contributed by atoms with Gasteiger partial charge in [0.15, 0.2) is 16.4 Å². The van der Waals surface area contributed by atoms with Gasteiger partial charge in [-0.05, 0) is 41.8 Å². The number of sulfone groups is 1. The molecule has 7 nitrogen and oxygen atoms in total. The zero-order valence-electron chi connectivity index (χ0n) is 15.8. The lowest BCUT2D eigenvalue weighted by atomic mass is 9.98. The maximum atomic E-state index is 12.3. The first kappa shape index (κ1) is 20.1. The maximum absolute atomic E-state index is 12.3. The highest BCUT2D eigenvalue weighted by Gasteiger charge is 2.29. The Morgan fingerprint density at radius 1 is 1.18 bits per heavy atom. The van der Waals surface area contributed by atoms with Crippen molar-refractivity contribution in [2.24, 2.45) is 0 Å². The largest absolute Gasteiger partial charge is 0.497 e. The summed E-state index contributed by atoms with van der Waals surface area (Å²) in [4.78, 5) is 24.2. The molecule has 28 heavy (non-hydrogen) atoms. The van der Waals surface area contributed by atoms with E-state index in [9.17, 15) is 18.0 Å². The zero-order valence-corrected chi connectivity index (χ0v) is 16.6. The molecule has 1 fully saturated rings. The molecule has 0 aliphatic carbocycles. The fraction of sp³-hybridized carbons (Fsp3) is 0.400. The van der Waals surface area contributed by atoms with Gasteiger partial charge in [0.25, 0.3) is 5.91 Å². The van der Waals surface area contributed by atoms with Crippen LogP contribution in [0.5, 0.6) is 5.75 Å². The number of methoxy groups -OCH3 is 1. The van der Waals surface area contributed by atoms with Crippen LogP contribution in [-0.2, 0) is 24.2 Å². The maximum Gasteiger partial charge on any atom is 0.313 e. The van der Waals surface area contributed by atoms with E-state index in [-0.39, 0.29) is 11.5 Å². The number of rotatable bonds is 6. The standard InChI is InChI=1S/C20H23NO6S/c1-13(14-3-4-16-10-18(26-2)6-5-15(16)9-14)20(23)27-11-19(22)21-17-7-8-28(24,25)12-17/h3-6,9-10,13,17H,7-8,11-12H2,1-2H3,(H,21,22)/t13-,17-/m0/s1. The SMILES string of the molecule is COc1ccc2cc([C@H](C)C(=O)OCC(=O)N[C@H]3CCS(=O)(=O)C3)ccc2c1. The molecule has 0 spiro atoms. The van der Waals surface area contributed by atoms with Gasteiger partial charge in [0.1, 0.15) is 5.75 Å². The molecule has 0 aromatic heterocycles. The predicted octanol–water partition coefficient (Wildman–Crippen LogP) is 1.80. The molecule has 0 saturated carbocycles. The Morgan fingerprint density at radius 3 is 2.57 bits per heavy atom. The van der Waals surface area contributed by atoms with Crippen molar-refractivity contribution >= 4 is 32.5 Å². The third kappa shape index (κ3) is 4.81. The number of ether oxygens (including phenoxy) is 2. The number of hydrogen-bond donors (Lipinski definition) is 1. The minimum absolute atomic E-state index is 0.0645. The van der Waals surface area contributed by atoms with E-state index >= 15 is 0 Å². The fourth-order valence-electron chi connectivity index (χ4n) is 3.21. The number of fused-ring (bicyclic) bond motifs is 1. The predicted molar refractivity (Wildman–Crippen MR) is 105 cm³/mol. The summed E-state index contributed by atoms with van der Waals surface area (Å²) >= 11 is 0. The lowest BCUT2D eigenvalue weighted by Crippen LogP contribution is -2.38. The van der Waals surface area contributed by atoms with E-state index in [1.807, 2.05) is 36.4 Å². The Balaban J connectivity index is 1.56. The van der Waals surface area contributed by atoms with Gasteiger partial charge in [0, 0.05) is 6.04 Å². The van der Waals surface area contributed by atoms with Crippen LogP contribution >= 0.6 is 0 Å². The highest BCUT2D eigenvalue weighted by molar-refractivity contribution is 7.91. The van der Waals surface area contributed by atoms with E-state index in [0.717, 1.165) is 22.1 Å². The summed E-state index contributed by atoms with van der Waals surface area (Å²) in [6.45, 7) is 1.29. The van der Waals surface area contributed by atoms with Gasteiger partial charge in [-0.2, -0.15) is 0 Å². The fourth-order valence-corrected chi connectivity index (χ4v) is 4.89. The molecule has 3 rings (SSSR count). The van der Waals surface area contributed by atoms with Gasteiger partial charge in [0.05, 0.1) is 24.5 Å². The lowest BCUT2D eigenvalue weighted by molar-refractivity contribution is -0.149. The zero-order chi connectivity index (χ0) is 20.3. The molecule has 0 unspecified atom stereocenters. The van der Waals surface area contributed by atoms with Gasteiger partial charge < -0.3 is 14.8 Å². The average molecular weight is 405 g/mol. The molecule has 150 valence electrons. The van der Waals surface area contributed by atoms with Crippen LogP contribution in [0.3, 0.4) is 0 Å². The third-order valence-electron chi connectivity index (χ3n) is 4.87. The minimum atomic E-state index is -3.07. The molecule has 2 atom stereocenters. The van der Waals surface area contributed by atoms with Crippen LogP contribution in [0.15, 0.2) is 36.4 Å². The number of hydrogen-bond acceptors (Lipinski definition) is 6. The van der Waals surface area contributed by atoms with Gasteiger partial charge in [-0.25, -0.2) is 8.42 Å². The van der Waals surface area contributed by atoms with Crippen molar-refractivity contribution in [2.45, 2.75) is 25.3 Å². The Kier molecular flexibility index (Phi) is 5.88. The van der Waals surface area contributed by atoms with Crippen LogP contribution in [0.4, 0.5) is 0 Å². The Morgan fingerprint density at radius 2 is 1.89 bits per heavy atom. The van der Waals surface area contributed by atoms with Crippen LogP contribution in [0.2, 0.25) is 0 Å². The molecule has 1 aliphatic heterocycles. The highest BCUT2D eigenvalue weighted by atomic mass is 32.2. The van der Waals surface area contributed by atoms with Crippen molar-refractivity contribution in [3.8, 4) is 5.75 Å². The monoisotopic (exact) mass is 405 g/mol. The van der Waals surface area contributed by atoms with E-state index in [4.69, 9.17) is 9.47 Å². The van der Waals surface area contributed by atoms with Crippen molar-refractivity contribution in [3.05, 3.63) is 42.0 Å². The molecule has 1 amide bonds. The van der Waals surface area contributed by atoms with Crippen molar-refractivity contribution < 1.29 is 27.5 Å². The number of carbonyl (C=O) groups excluding carboxylic acids is 2. The normalized spacial score (nSPS) is 19.1. The van der Waals surface area contributed by atoms with Crippen LogP contribution < -0.4 is 10.1 Å². The van der Waals surface area contributed by atoms with E-state index in [1.165, 1.54) is 0 Å². The van der Waals surface area contributed by atoms with Crippen LogP contribution in [0.25, 0.3) is 10.8 Å². The number of carbonyl (C=O) groups is 2. The molecule has 0 bridgehead atoms. The average Bonchev–Trinajstić information content (AvgIpc) is 3.02. The Bertz CT molecular complexity index is 1000. The first-order chi connectivity index (χ1) is 13.3. The summed E-state index contributed by atoms with van der Waals surface area (Å²) in [5.74, 6) is -0.775. The van der Waals surface area contributed by atoms with E-state index in [2.05, 4.69) is 5.32 Å². The molecule has 8 heteroatoms. The molecule has 1 heterocycles. The van der Waals surface area contributed by atoms with Crippen molar-refractivity contribution in [2.75, 3.05) is 25.2 Å². The third-order valence-corrected chi connectivity index (χ3v) is 6.64. The van der Waals surface area contributed by atoms with E-state index in [0.29, 0.717) is 6.42 Å². The number of esters is 1. The summed E-state index contributed by atoms with van der Waals surface area (Å²) in [6.07, 6.45) is 0.389. The van der Waals surface area contributed by atoms with Crippen LogP contribution in [0, 0.1) is 0 Å². The number of nitrogens with one attached hydrogen (secondary N) is 1.